The van der Waals surface area contributed by atoms with E-state index in [2.05, 4.69) is 52.9 Å². The van der Waals surface area contributed by atoms with Gasteiger partial charge in [0.05, 0.1) is 5.56 Å². The Kier molecular flexibility index (Phi) is 8.59. The number of rotatable bonds is 11. The minimum atomic E-state index is -0.876. The summed E-state index contributed by atoms with van der Waals surface area (Å²) in [5.74, 6) is -0.876. The molecule has 0 saturated carbocycles. The Balaban J connectivity index is 1.64. The number of benzene rings is 2. The molecule has 33 heavy (non-hydrogen) atoms. The number of halogens is 1. The molecule has 3 rings (SSSR count). The molecular weight excluding hydrogens is 434 g/mol. The molecule has 1 aromatic heterocycles. The van der Waals surface area contributed by atoms with Crippen molar-refractivity contribution in [2.24, 2.45) is 0 Å². The van der Waals surface area contributed by atoms with E-state index in [0.717, 1.165) is 48.6 Å². The minimum Gasteiger partial charge on any atom is -0.478 e. The molecule has 2 N–H and O–H groups in total. The van der Waals surface area contributed by atoms with Crippen molar-refractivity contribution in [1.29, 1.82) is 0 Å². The van der Waals surface area contributed by atoms with E-state index >= 15 is 0 Å². The second kappa shape index (κ2) is 11.4. The molecule has 0 radical (unpaired) electrons. The lowest BCUT2D eigenvalue weighted by atomic mass is 10.1. The highest BCUT2D eigenvalue weighted by Gasteiger charge is 2.22. The lowest BCUT2D eigenvalue weighted by Gasteiger charge is -2.23. The van der Waals surface area contributed by atoms with Crippen molar-refractivity contribution in [2.45, 2.75) is 47.2 Å². The molecule has 3 aromatic rings. The van der Waals surface area contributed by atoms with E-state index in [9.17, 15) is 9.90 Å². The second-order valence-corrected chi connectivity index (χ2v) is 8.93. The third-order valence-electron chi connectivity index (χ3n) is 6.21. The van der Waals surface area contributed by atoms with Crippen molar-refractivity contribution in [1.82, 2.24) is 9.88 Å². The van der Waals surface area contributed by atoms with Crippen LogP contribution in [0.25, 0.3) is 0 Å². The largest absolute Gasteiger partial charge is 0.478 e. The number of aryl methyl sites for hydroxylation is 1. The number of carbonyl (C=O) groups is 1. The summed E-state index contributed by atoms with van der Waals surface area (Å²) < 4.78 is 2.08. The zero-order chi connectivity index (χ0) is 24.0. The molecular formula is C27H34ClN3O2. The maximum Gasteiger partial charge on any atom is 0.337 e. The summed E-state index contributed by atoms with van der Waals surface area (Å²) in [6.07, 6.45) is 0.980. The predicted molar refractivity (Wildman–Crippen MR) is 137 cm³/mol. The van der Waals surface area contributed by atoms with E-state index in [0.29, 0.717) is 23.7 Å². The molecule has 0 fully saturated rings. The van der Waals surface area contributed by atoms with Gasteiger partial charge in [-0.3, -0.25) is 0 Å². The van der Waals surface area contributed by atoms with Crippen molar-refractivity contribution in [3.05, 3.63) is 87.2 Å². The molecule has 0 amide bonds. The molecule has 0 aliphatic heterocycles. The standard InChI is InChI=1S/C27H34ClN3O2/c1-5-30(24-9-6-8-19(2)16-24)15-7-14-29-17-25-20(3)31(21(4)26(25)27(32)33)18-22-10-12-23(28)13-11-22/h6,8-13,16,29H,5,7,14-15,17-18H2,1-4H3,(H,32,33). The van der Waals surface area contributed by atoms with E-state index in [1.54, 1.807) is 0 Å². The summed E-state index contributed by atoms with van der Waals surface area (Å²) in [7, 11) is 0. The van der Waals surface area contributed by atoms with E-state index in [1.165, 1.54) is 11.3 Å². The summed E-state index contributed by atoms with van der Waals surface area (Å²) >= 11 is 6.01. The molecule has 0 bridgehead atoms. The van der Waals surface area contributed by atoms with Crippen molar-refractivity contribution in [3.63, 3.8) is 0 Å². The number of anilines is 1. The van der Waals surface area contributed by atoms with Crippen LogP contribution in [0, 0.1) is 20.8 Å². The van der Waals surface area contributed by atoms with Crippen molar-refractivity contribution < 1.29 is 9.90 Å². The maximum absolute atomic E-state index is 12.0. The fraction of sp³-hybridized carbons (Fsp3) is 0.370. The average molecular weight is 468 g/mol. The predicted octanol–water partition coefficient (Wildman–Crippen LogP) is 5.82. The summed E-state index contributed by atoms with van der Waals surface area (Å²) in [5, 5.41) is 14.0. The second-order valence-electron chi connectivity index (χ2n) is 8.49. The normalized spacial score (nSPS) is 11.1. The van der Waals surface area contributed by atoms with Gasteiger partial charge >= 0.3 is 5.97 Å². The first-order chi connectivity index (χ1) is 15.8. The Morgan fingerprint density at radius 2 is 1.82 bits per heavy atom. The lowest BCUT2D eigenvalue weighted by Crippen LogP contribution is -2.27. The van der Waals surface area contributed by atoms with Crippen LogP contribution in [-0.4, -0.2) is 35.3 Å². The highest BCUT2D eigenvalue weighted by molar-refractivity contribution is 6.30. The molecule has 5 nitrogen and oxygen atoms in total. The van der Waals surface area contributed by atoms with Crippen molar-refractivity contribution >= 4 is 23.3 Å². The number of hydrogen-bond acceptors (Lipinski definition) is 3. The molecule has 0 aliphatic rings. The van der Waals surface area contributed by atoms with Gasteiger partial charge in [0, 0.05) is 53.8 Å². The fourth-order valence-electron chi connectivity index (χ4n) is 4.36. The first-order valence-corrected chi connectivity index (χ1v) is 11.9. The van der Waals surface area contributed by atoms with Crippen LogP contribution < -0.4 is 10.2 Å². The van der Waals surface area contributed by atoms with Gasteiger partial charge in [-0.05, 0) is 76.1 Å². The third-order valence-corrected chi connectivity index (χ3v) is 6.46. The molecule has 0 saturated heterocycles. The summed E-state index contributed by atoms with van der Waals surface area (Å²) in [4.78, 5) is 14.4. The highest BCUT2D eigenvalue weighted by Crippen LogP contribution is 2.24. The smallest absolute Gasteiger partial charge is 0.337 e. The molecule has 0 atom stereocenters. The minimum absolute atomic E-state index is 0.406. The van der Waals surface area contributed by atoms with Gasteiger partial charge in [0.1, 0.15) is 0 Å². The highest BCUT2D eigenvalue weighted by atomic mass is 35.5. The van der Waals surface area contributed by atoms with E-state index in [-0.39, 0.29) is 0 Å². The van der Waals surface area contributed by atoms with Gasteiger partial charge in [-0.2, -0.15) is 0 Å². The number of hydrogen-bond donors (Lipinski definition) is 2. The SMILES string of the molecule is CCN(CCCNCc1c(C(=O)O)c(C)n(Cc2ccc(Cl)cc2)c1C)c1cccc(C)c1. The number of carboxylic acids is 1. The van der Waals surface area contributed by atoms with Crippen molar-refractivity contribution in [3.8, 4) is 0 Å². The van der Waals surface area contributed by atoms with Crippen LogP contribution in [0.2, 0.25) is 5.02 Å². The summed E-state index contributed by atoms with van der Waals surface area (Å²) in [6, 6.07) is 16.3. The van der Waals surface area contributed by atoms with Crippen LogP contribution in [0.1, 0.15) is 51.8 Å². The van der Waals surface area contributed by atoms with Gasteiger partial charge in [0.15, 0.2) is 0 Å². The van der Waals surface area contributed by atoms with Crippen LogP contribution in [-0.2, 0) is 13.1 Å². The summed E-state index contributed by atoms with van der Waals surface area (Å²) in [5.41, 5.74) is 6.64. The first-order valence-electron chi connectivity index (χ1n) is 11.5. The maximum atomic E-state index is 12.0. The summed E-state index contributed by atoms with van der Waals surface area (Å²) in [6.45, 7) is 12.1. The number of nitrogens with zero attached hydrogens (tertiary/aromatic N) is 2. The number of aromatic nitrogens is 1. The topological polar surface area (TPSA) is 57.5 Å². The fourth-order valence-corrected chi connectivity index (χ4v) is 4.49. The van der Waals surface area contributed by atoms with Gasteiger partial charge in [-0.25, -0.2) is 4.79 Å². The molecule has 0 unspecified atom stereocenters. The van der Waals surface area contributed by atoms with Crippen LogP contribution in [0.15, 0.2) is 48.5 Å². The van der Waals surface area contributed by atoms with Gasteiger partial charge in [-0.1, -0.05) is 35.9 Å². The lowest BCUT2D eigenvalue weighted by molar-refractivity contribution is 0.0694. The number of nitrogens with one attached hydrogen (secondary N) is 1. The first kappa shape index (κ1) is 24.9. The molecule has 1 heterocycles. The van der Waals surface area contributed by atoms with Gasteiger partial charge < -0.3 is 19.9 Å². The number of aromatic carboxylic acids is 1. The zero-order valence-corrected chi connectivity index (χ0v) is 20.7. The Hall–Kier alpha value is -2.76. The Morgan fingerprint density at radius 3 is 2.45 bits per heavy atom. The molecule has 0 aliphatic carbocycles. The Morgan fingerprint density at radius 1 is 1.09 bits per heavy atom. The number of carboxylic acid groups (broad SMARTS) is 1. The molecule has 0 spiro atoms. The van der Waals surface area contributed by atoms with Gasteiger partial charge in [0.25, 0.3) is 0 Å². The van der Waals surface area contributed by atoms with Crippen molar-refractivity contribution in [2.75, 3.05) is 24.5 Å². The third kappa shape index (κ3) is 6.18. The average Bonchev–Trinajstić information content (AvgIpc) is 3.02. The molecule has 6 heteroatoms. The zero-order valence-electron chi connectivity index (χ0n) is 20.0. The monoisotopic (exact) mass is 467 g/mol. The van der Waals surface area contributed by atoms with Crippen LogP contribution in [0.5, 0.6) is 0 Å². The van der Waals surface area contributed by atoms with E-state index in [1.807, 2.05) is 38.1 Å². The molecule has 176 valence electrons. The van der Waals surface area contributed by atoms with Gasteiger partial charge in [-0.15, -0.1) is 0 Å². The quantitative estimate of drug-likeness (QED) is 0.349. The Labute approximate surface area is 202 Å². The van der Waals surface area contributed by atoms with E-state index in [4.69, 9.17) is 11.6 Å². The molecule has 2 aromatic carbocycles. The van der Waals surface area contributed by atoms with Crippen LogP contribution in [0.3, 0.4) is 0 Å². The Bertz CT molecular complexity index is 1090. The van der Waals surface area contributed by atoms with Crippen LogP contribution in [0.4, 0.5) is 5.69 Å². The van der Waals surface area contributed by atoms with E-state index < -0.39 is 5.97 Å². The van der Waals surface area contributed by atoms with Gasteiger partial charge in [0.2, 0.25) is 0 Å². The van der Waals surface area contributed by atoms with Crippen LogP contribution >= 0.6 is 11.6 Å².